The summed E-state index contributed by atoms with van der Waals surface area (Å²) < 4.78 is 10.8. The molecular weight excluding hydrogens is 296 g/mol. The Morgan fingerprint density at radius 1 is 1.09 bits per heavy atom. The Bertz CT molecular complexity index is 682. The van der Waals surface area contributed by atoms with Crippen LogP contribution in [0.15, 0.2) is 47.1 Å². The third kappa shape index (κ3) is 3.78. The van der Waals surface area contributed by atoms with Crippen LogP contribution in [0.2, 0.25) is 0 Å². The molecule has 1 unspecified atom stereocenters. The highest BCUT2D eigenvalue weighted by atomic mass is 16.5. The monoisotopic (exact) mass is 314 g/mol. The van der Waals surface area contributed by atoms with Gasteiger partial charge >= 0.3 is 11.8 Å². The number of furan rings is 1. The molecule has 0 bridgehead atoms. The Morgan fingerprint density at radius 2 is 1.91 bits per heavy atom. The zero-order valence-electron chi connectivity index (χ0n) is 12.6. The van der Waals surface area contributed by atoms with E-state index >= 15 is 0 Å². The van der Waals surface area contributed by atoms with Crippen molar-refractivity contribution in [2.45, 2.75) is 19.1 Å². The van der Waals surface area contributed by atoms with E-state index < -0.39 is 11.8 Å². The average molecular weight is 314 g/mol. The van der Waals surface area contributed by atoms with Crippen LogP contribution in [0.5, 0.6) is 0 Å². The van der Waals surface area contributed by atoms with Gasteiger partial charge in [0.2, 0.25) is 0 Å². The van der Waals surface area contributed by atoms with Gasteiger partial charge in [-0.15, -0.1) is 0 Å². The first-order valence-electron chi connectivity index (χ1n) is 7.52. The number of amides is 2. The maximum atomic E-state index is 11.8. The van der Waals surface area contributed by atoms with Gasteiger partial charge in [0, 0.05) is 6.54 Å². The van der Waals surface area contributed by atoms with Gasteiger partial charge in [-0.05, 0) is 29.7 Å². The maximum Gasteiger partial charge on any atom is 0.309 e. The maximum absolute atomic E-state index is 11.8. The summed E-state index contributed by atoms with van der Waals surface area (Å²) in [4.78, 5) is 23.6. The molecule has 1 aliphatic heterocycles. The summed E-state index contributed by atoms with van der Waals surface area (Å²) in [6.07, 6.45) is 2.16. The smallest absolute Gasteiger partial charge is 0.309 e. The molecule has 2 amide bonds. The van der Waals surface area contributed by atoms with Crippen molar-refractivity contribution in [1.82, 2.24) is 10.6 Å². The van der Waals surface area contributed by atoms with Crippen molar-refractivity contribution in [2.24, 2.45) is 0 Å². The molecule has 0 radical (unpaired) electrons. The van der Waals surface area contributed by atoms with Crippen molar-refractivity contribution in [3.05, 3.63) is 59.5 Å². The molecule has 0 saturated heterocycles. The molecule has 23 heavy (non-hydrogen) atoms. The summed E-state index contributed by atoms with van der Waals surface area (Å²) in [5.74, 6) is -0.774. The molecule has 2 N–H and O–H groups in total. The van der Waals surface area contributed by atoms with Gasteiger partial charge in [-0.25, -0.2) is 0 Å². The number of ether oxygens (including phenoxy) is 1. The van der Waals surface area contributed by atoms with E-state index in [2.05, 4.69) is 16.7 Å². The van der Waals surface area contributed by atoms with Crippen LogP contribution in [0.4, 0.5) is 0 Å². The van der Waals surface area contributed by atoms with Crippen LogP contribution >= 0.6 is 0 Å². The first kappa shape index (κ1) is 15.3. The third-order valence-corrected chi connectivity index (χ3v) is 3.75. The number of hydrogen-bond donors (Lipinski definition) is 2. The molecule has 6 nitrogen and oxygen atoms in total. The van der Waals surface area contributed by atoms with Crippen molar-refractivity contribution < 1.29 is 18.7 Å². The summed E-state index contributed by atoms with van der Waals surface area (Å²) >= 11 is 0. The van der Waals surface area contributed by atoms with Crippen molar-refractivity contribution in [3.8, 4) is 0 Å². The molecule has 0 aliphatic carbocycles. The van der Waals surface area contributed by atoms with E-state index in [-0.39, 0.29) is 19.2 Å². The first-order valence-corrected chi connectivity index (χ1v) is 7.52. The van der Waals surface area contributed by atoms with E-state index in [4.69, 9.17) is 9.15 Å². The molecule has 1 atom stereocenters. The summed E-state index contributed by atoms with van der Waals surface area (Å²) in [5, 5.41) is 5.12. The fourth-order valence-corrected chi connectivity index (χ4v) is 2.57. The van der Waals surface area contributed by atoms with Crippen LogP contribution < -0.4 is 10.6 Å². The van der Waals surface area contributed by atoms with Crippen molar-refractivity contribution >= 4 is 11.8 Å². The molecule has 0 fully saturated rings. The average Bonchev–Trinajstić information content (AvgIpc) is 3.11. The highest BCUT2D eigenvalue weighted by molar-refractivity contribution is 6.35. The molecule has 1 aliphatic rings. The second kappa shape index (κ2) is 7.11. The summed E-state index contributed by atoms with van der Waals surface area (Å²) in [7, 11) is 0. The van der Waals surface area contributed by atoms with Gasteiger partial charge < -0.3 is 19.8 Å². The van der Waals surface area contributed by atoms with Gasteiger partial charge in [0.15, 0.2) is 0 Å². The van der Waals surface area contributed by atoms with Crippen LogP contribution in [0.1, 0.15) is 23.0 Å². The fourth-order valence-electron chi connectivity index (χ4n) is 2.57. The lowest BCUT2D eigenvalue weighted by Crippen LogP contribution is -2.41. The molecule has 2 aromatic rings. The van der Waals surface area contributed by atoms with Gasteiger partial charge in [0.25, 0.3) is 0 Å². The Morgan fingerprint density at radius 3 is 2.74 bits per heavy atom. The summed E-state index contributed by atoms with van der Waals surface area (Å²) in [6.45, 7) is 1.06. The molecule has 3 rings (SSSR count). The van der Waals surface area contributed by atoms with Crippen LogP contribution in [0.25, 0.3) is 0 Å². The lowest BCUT2D eigenvalue weighted by atomic mass is 9.97. The van der Waals surface area contributed by atoms with Gasteiger partial charge in [0.1, 0.15) is 11.9 Å². The van der Waals surface area contributed by atoms with E-state index in [1.165, 1.54) is 11.8 Å². The normalized spacial score (nSPS) is 16.4. The van der Waals surface area contributed by atoms with Crippen LogP contribution in [0, 0.1) is 0 Å². The Kier molecular flexibility index (Phi) is 4.73. The number of nitrogens with one attached hydrogen (secondary N) is 2. The van der Waals surface area contributed by atoms with E-state index in [1.54, 1.807) is 12.1 Å². The van der Waals surface area contributed by atoms with Crippen molar-refractivity contribution in [2.75, 3.05) is 13.2 Å². The van der Waals surface area contributed by atoms with Gasteiger partial charge in [-0.2, -0.15) is 0 Å². The molecule has 1 aromatic heterocycles. The highest BCUT2D eigenvalue weighted by Gasteiger charge is 2.22. The number of benzene rings is 1. The zero-order chi connectivity index (χ0) is 16.1. The lowest BCUT2D eigenvalue weighted by Gasteiger charge is -2.26. The largest absolute Gasteiger partial charge is 0.467 e. The minimum Gasteiger partial charge on any atom is -0.467 e. The van der Waals surface area contributed by atoms with Crippen molar-refractivity contribution in [1.29, 1.82) is 0 Å². The first-order chi connectivity index (χ1) is 11.2. The Hall–Kier alpha value is -2.60. The van der Waals surface area contributed by atoms with E-state index in [0.717, 1.165) is 12.0 Å². The van der Waals surface area contributed by atoms with E-state index in [1.807, 2.05) is 18.2 Å². The van der Waals surface area contributed by atoms with Crippen LogP contribution in [0.3, 0.4) is 0 Å². The molecular formula is C17H18N2O4. The van der Waals surface area contributed by atoms with Gasteiger partial charge in [0.05, 0.1) is 19.4 Å². The highest BCUT2D eigenvalue weighted by Crippen LogP contribution is 2.26. The topological polar surface area (TPSA) is 80.6 Å². The molecule has 2 heterocycles. The Labute approximate surface area is 133 Å². The SMILES string of the molecule is O=C(NCc1ccco1)C(=O)NCC1OCCc2ccccc21. The number of carbonyl (C=O) groups is 2. The minimum atomic E-state index is -0.689. The molecule has 120 valence electrons. The quantitative estimate of drug-likeness (QED) is 0.834. The summed E-state index contributed by atoms with van der Waals surface area (Å²) in [5.41, 5.74) is 2.29. The van der Waals surface area contributed by atoms with E-state index in [0.29, 0.717) is 12.4 Å². The minimum absolute atomic E-state index is 0.183. The Balaban J connectivity index is 1.50. The standard InChI is InChI=1S/C17H18N2O4/c20-16(18-10-13-5-3-8-22-13)17(21)19-11-15-14-6-2-1-4-12(14)7-9-23-15/h1-6,8,15H,7,9-11H2,(H,18,20)(H,19,21). The van der Waals surface area contributed by atoms with Crippen molar-refractivity contribution in [3.63, 3.8) is 0 Å². The van der Waals surface area contributed by atoms with Gasteiger partial charge in [-0.3, -0.25) is 9.59 Å². The number of hydrogen-bond acceptors (Lipinski definition) is 4. The molecule has 6 heteroatoms. The number of carbonyl (C=O) groups excluding carboxylic acids is 2. The summed E-state index contributed by atoms with van der Waals surface area (Å²) in [6, 6.07) is 11.4. The fraction of sp³-hybridized carbons (Fsp3) is 0.294. The predicted molar refractivity (Wildman–Crippen MR) is 82.4 cm³/mol. The zero-order valence-corrected chi connectivity index (χ0v) is 12.6. The second-order valence-corrected chi connectivity index (χ2v) is 5.28. The predicted octanol–water partition coefficient (Wildman–Crippen LogP) is 1.33. The van der Waals surface area contributed by atoms with E-state index in [9.17, 15) is 9.59 Å². The van der Waals surface area contributed by atoms with Gasteiger partial charge in [-0.1, -0.05) is 24.3 Å². The van der Waals surface area contributed by atoms with Crippen LogP contribution in [-0.2, 0) is 27.3 Å². The molecule has 0 saturated carbocycles. The molecule has 1 aromatic carbocycles. The van der Waals surface area contributed by atoms with Crippen LogP contribution in [-0.4, -0.2) is 25.0 Å². The third-order valence-electron chi connectivity index (χ3n) is 3.75. The second-order valence-electron chi connectivity index (χ2n) is 5.28. The molecule has 0 spiro atoms. The number of rotatable bonds is 4. The number of fused-ring (bicyclic) bond motifs is 1. The lowest BCUT2D eigenvalue weighted by molar-refractivity contribution is -0.139.